The van der Waals surface area contributed by atoms with E-state index in [-0.39, 0.29) is 5.69 Å². The molecule has 0 aliphatic carbocycles. The van der Waals surface area contributed by atoms with Crippen LogP contribution in [0.5, 0.6) is 0 Å². The minimum absolute atomic E-state index is 0.218. The maximum atomic E-state index is 13.7. The first kappa shape index (κ1) is 16.5. The van der Waals surface area contributed by atoms with Gasteiger partial charge in [-0.2, -0.15) is 0 Å². The SMILES string of the molecule is Fc1cccc(F)c1Nc1ccc(Cc2c[nH]c3ncc(Cl)cc23)cn1. The van der Waals surface area contributed by atoms with Crippen molar-refractivity contribution in [2.24, 2.45) is 0 Å². The van der Waals surface area contributed by atoms with Gasteiger partial charge in [0.15, 0.2) is 0 Å². The van der Waals surface area contributed by atoms with Crippen LogP contribution in [0.3, 0.4) is 0 Å². The molecule has 0 atom stereocenters. The van der Waals surface area contributed by atoms with E-state index in [9.17, 15) is 8.78 Å². The number of H-pyrrole nitrogens is 1. The number of nitrogens with one attached hydrogen (secondary N) is 2. The molecule has 0 saturated heterocycles. The van der Waals surface area contributed by atoms with E-state index in [1.807, 2.05) is 18.3 Å². The molecule has 130 valence electrons. The Labute approximate surface area is 152 Å². The summed E-state index contributed by atoms with van der Waals surface area (Å²) in [4.78, 5) is 11.6. The molecule has 26 heavy (non-hydrogen) atoms. The minimum atomic E-state index is -0.668. The molecule has 4 aromatic rings. The van der Waals surface area contributed by atoms with E-state index in [4.69, 9.17) is 11.6 Å². The summed E-state index contributed by atoms with van der Waals surface area (Å²) in [6.45, 7) is 0. The topological polar surface area (TPSA) is 53.6 Å². The number of fused-ring (bicyclic) bond motifs is 1. The van der Waals surface area contributed by atoms with Crippen LogP contribution >= 0.6 is 11.6 Å². The Kier molecular flexibility index (Phi) is 4.26. The average molecular weight is 371 g/mol. The van der Waals surface area contributed by atoms with Crippen LogP contribution in [0, 0.1) is 11.6 Å². The standard InChI is InChI=1S/C19H13ClF2N4/c20-13-7-14-12(9-24-19(14)25-10-13)6-11-4-5-17(23-8-11)26-18-15(21)2-1-3-16(18)22/h1-5,7-10H,6H2,(H,23,26)(H,24,25). The van der Waals surface area contributed by atoms with Gasteiger partial charge in [-0.1, -0.05) is 23.7 Å². The summed E-state index contributed by atoms with van der Waals surface area (Å²) in [5.74, 6) is -0.973. The molecule has 0 aliphatic heterocycles. The summed E-state index contributed by atoms with van der Waals surface area (Å²) in [6.07, 6.45) is 5.77. The highest BCUT2D eigenvalue weighted by Gasteiger charge is 2.10. The molecule has 4 rings (SSSR count). The maximum Gasteiger partial charge on any atom is 0.149 e. The van der Waals surface area contributed by atoms with Gasteiger partial charge >= 0.3 is 0 Å². The molecule has 3 heterocycles. The summed E-state index contributed by atoms with van der Waals surface area (Å²) in [6, 6.07) is 9.09. The second-order valence-electron chi connectivity index (χ2n) is 5.81. The largest absolute Gasteiger partial charge is 0.346 e. The van der Waals surface area contributed by atoms with Crippen LogP contribution in [0.1, 0.15) is 11.1 Å². The fraction of sp³-hybridized carbons (Fsp3) is 0.0526. The zero-order valence-corrected chi connectivity index (χ0v) is 14.2. The van der Waals surface area contributed by atoms with Gasteiger partial charge in [-0.05, 0) is 35.4 Å². The van der Waals surface area contributed by atoms with Crippen LogP contribution in [0.25, 0.3) is 11.0 Å². The normalized spacial score (nSPS) is 11.0. The third-order valence-electron chi connectivity index (χ3n) is 4.02. The molecule has 0 bridgehead atoms. The van der Waals surface area contributed by atoms with Crippen molar-refractivity contribution in [2.75, 3.05) is 5.32 Å². The molecular weight excluding hydrogens is 358 g/mol. The van der Waals surface area contributed by atoms with Gasteiger partial charge in [-0.25, -0.2) is 18.7 Å². The number of aromatic nitrogens is 3. The fourth-order valence-electron chi connectivity index (χ4n) is 2.75. The van der Waals surface area contributed by atoms with Gasteiger partial charge in [-0.3, -0.25) is 0 Å². The molecular formula is C19H13ClF2N4. The third-order valence-corrected chi connectivity index (χ3v) is 4.23. The Bertz CT molecular complexity index is 1060. The van der Waals surface area contributed by atoms with Gasteiger partial charge in [-0.15, -0.1) is 0 Å². The van der Waals surface area contributed by atoms with Gasteiger partial charge < -0.3 is 10.3 Å². The second kappa shape index (κ2) is 6.72. The molecule has 0 amide bonds. The monoisotopic (exact) mass is 370 g/mol. The first-order chi connectivity index (χ1) is 12.6. The number of aromatic amines is 1. The van der Waals surface area contributed by atoms with Crippen LogP contribution in [-0.4, -0.2) is 15.0 Å². The molecule has 1 aromatic carbocycles. The molecule has 0 aliphatic rings. The number of hydrogen-bond donors (Lipinski definition) is 2. The van der Waals surface area contributed by atoms with Crippen LogP contribution in [-0.2, 0) is 6.42 Å². The Morgan fingerprint density at radius 3 is 2.58 bits per heavy atom. The van der Waals surface area contributed by atoms with E-state index in [1.54, 1.807) is 18.5 Å². The summed E-state index contributed by atoms with van der Waals surface area (Å²) in [5.41, 5.74) is 2.54. The molecule has 0 unspecified atom stereocenters. The Morgan fingerprint density at radius 2 is 1.85 bits per heavy atom. The predicted octanol–water partition coefficient (Wildman–Crippen LogP) is 5.22. The van der Waals surface area contributed by atoms with Gasteiger partial charge in [0.05, 0.1) is 5.02 Å². The summed E-state index contributed by atoms with van der Waals surface area (Å²) in [7, 11) is 0. The van der Waals surface area contributed by atoms with Crippen molar-refractivity contribution >= 4 is 34.1 Å². The summed E-state index contributed by atoms with van der Waals surface area (Å²) >= 11 is 6.02. The first-order valence-corrected chi connectivity index (χ1v) is 8.25. The van der Waals surface area contributed by atoms with Gasteiger partial charge in [0.1, 0.15) is 28.8 Å². The fourth-order valence-corrected chi connectivity index (χ4v) is 2.90. The second-order valence-corrected chi connectivity index (χ2v) is 6.25. The maximum absolute atomic E-state index is 13.7. The average Bonchev–Trinajstić information content (AvgIpc) is 3.02. The lowest BCUT2D eigenvalue weighted by Gasteiger charge is -2.08. The highest BCUT2D eigenvalue weighted by Crippen LogP contribution is 2.24. The van der Waals surface area contributed by atoms with E-state index in [0.29, 0.717) is 17.3 Å². The van der Waals surface area contributed by atoms with Crippen LogP contribution in [0.4, 0.5) is 20.3 Å². The van der Waals surface area contributed by atoms with E-state index in [0.717, 1.165) is 22.2 Å². The van der Waals surface area contributed by atoms with Crippen molar-refractivity contribution in [3.8, 4) is 0 Å². The van der Waals surface area contributed by atoms with E-state index < -0.39 is 11.6 Å². The number of benzene rings is 1. The molecule has 0 saturated carbocycles. The number of nitrogens with zero attached hydrogens (tertiary/aromatic N) is 2. The van der Waals surface area contributed by atoms with Crippen LogP contribution in [0.2, 0.25) is 5.02 Å². The Morgan fingerprint density at radius 1 is 1.04 bits per heavy atom. The molecule has 0 spiro atoms. The van der Waals surface area contributed by atoms with Crippen molar-refractivity contribution in [3.63, 3.8) is 0 Å². The first-order valence-electron chi connectivity index (χ1n) is 7.87. The van der Waals surface area contributed by atoms with Crippen molar-refractivity contribution in [3.05, 3.63) is 82.8 Å². The number of anilines is 2. The van der Waals surface area contributed by atoms with Gasteiger partial charge in [0.2, 0.25) is 0 Å². The van der Waals surface area contributed by atoms with Crippen molar-refractivity contribution in [2.45, 2.75) is 6.42 Å². The zero-order chi connectivity index (χ0) is 18.1. The highest BCUT2D eigenvalue weighted by molar-refractivity contribution is 6.31. The van der Waals surface area contributed by atoms with Crippen molar-refractivity contribution in [1.29, 1.82) is 0 Å². The van der Waals surface area contributed by atoms with Crippen LogP contribution in [0.15, 0.2) is 55.0 Å². The number of hydrogen-bond acceptors (Lipinski definition) is 3. The molecule has 7 heteroatoms. The van der Waals surface area contributed by atoms with Gasteiger partial charge in [0, 0.05) is 30.4 Å². The Hall–Kier alpha value is -2.99. The smallest absolute Gasteiger partial charge is 0.149 e. The zero-order valence-electron chi connectivity index (χ0n) is 13.4. The lowest BCUT2D eigenvalue weighted by atomic mass is 10.1. The van der Waals surface area contributed by atoms with Crippen molar-refractivity contribution in [1.82, 2.24) is 15.0 Å². The number of para-hydroxylation sites is 1. The molecule has 0 radical (unpaired) electrons. The predicted molar refractivity (Wildman–Crippen MR) is 97.8 cm³/mol. The minimum Gasteiger partial charge on any atom is -0.346 e. The van der Waals surface area contributed by atoms with E-state index in [2.05, 4.69) is 20.3 Å². The summed E-state index contributed by atoms with van der Waals surface area (Å²) < 4.78 is 27.4. The highest BCUT2D eigenvalue weighted by atomic mass is 35.5. The van der Waals surface area contributed by atoms with Crippen LogP contribution < -0.4 is 5.32 Å². The molecule has 0 fully saturated rings. The van der Waals surface area contributed by atoms with E-state index >= 15 is 0 Å². The quantitative estimate of drug-likeness (QED) is 0.517. The van der Waals surface area contributed by atoms with Gasteiger partial charge in [0.25, 0.3) is 0 Å². The summed E-state index contributed by atoms with van der Waals surface area (Å²) in [5, 5.41) is 4.19. The van der Waals surface area contributed by atoms with Crippen molar-refractivity contribution < 1.29 is 8.78 Å². The molecule has 2 N–H and O–H groups in total. The number of rotatable bonds is 4. The molecule has 3 aromatic heterocycles. The third kappa shape index (κ3) is 3.23. The van der Waals surface area contributed by atoms with E-state index in [1.165, 1.54) is 18.2 Å². The Balaban J connectivity index is 1.55. The molecule has 4 nitrogen and oxygen atoms in total. The lowest BCUT2D eigenvalue weighted by Crippen LogP contribution is -1.99. The number of pyridine rings is 2. The number of halogens is 3. The lowest BCUT2D eigenvalue weighted by molar-refractivity contribution is 0.590.